The van der Waals surface area contributed by atoms with Gasteiger partial charge in [0, 0.05) is 30.4 Å². The van der Waals surface area contributed by atoms with E-state index in [1.54, 1.807) is 13.2 Å². The summed E-state index contributed by atoms with van der Waals surface area (Å²) in [6.07, 6.45) is 1.50. The number of esters is 1. The molecule has 6 fully saturated rings. The van der Waals surface area contributed by atoms with E-state index >= 15 is 0 Å². The zero-order valence-electron chi connectivity index (χ0n) is 28.6. The molecule has 12 heteroatoms. The molecule has 7 aliphatic rings. The van der Waals surface area contributed by atoms with Gasteiger partial charge in [-0.1, -0.05) is 13.8 Å². The minimum absolute atomic E-state index is 0.0156. The van der Waals surface area contributed by atoms with Crippen molar-refractivity contribution in [1.29, 1.82) is 0 Å². The lowest BCUT2D eigenvalue weighted by molar-refractivity contribution is -0.345. The van der Waals surface area contributed by atoms with Gasteiger partial charge < -0.3 is 48.8 Å². The molecule has 12 nitrogen and oxygen atoms in total. The molecule has 3 heterocycles. The first-order valence-corrected chi connectivity index (χ1v) is 18.1. The number of Topliss-reactive ketones (excluding diaryl/α,β-unsaturated/α-hetero) is 1. The van der Waals surface area contributed by atoms with Gasteiger partial charge in [0.25, 0.3) is 0 Å². The van der Waals surface area contributed by atoms with E-state index in [4.69, 9.17) is 28.4 Å². The van der Waals surface area contributed by atoms with Gasteiger partial charge in [-0.2, -0.15) is 0 Å². The fourth-order valence-electron chi connectivity index (χ4n) is 11.4. The molecule has 1 spiro atoms. The van der Waals surface area contributed by atoms with Crippen LogP contribution in [-0.4, -0.2) is 114 Å². The summed E-state index contributed by atoms with van der Waals surface area (Å²) in [5.41, 5.74) is 0.350. The Morgan fingerprint density at radius 3 is 2.40 bits per heavy atom. The third-order valence-electron chi connectivity index (χ3n) is 14.0. The van der Waals surface area contributed by atoms with Crippen molar-refractivity contribution in [3.63, 3.8) is 0 Å². The summed E-state index contributed by atoms with van der Waals surface area (Å²) in [4.78, 5) is 26.4. The Hall–Kier alpha value is -1.48. The molecule has 0 aromatic rings. The zero-order valence-corrected chi connectivity index (χ0v) is 28.6. The Morgan fingerprint density at radius 1 is 0.917 bits per heavy atom. The molecule has 3 aliphatic heterocycles. The number of cyclic esters (lactones) is 1. The first kappa shape index (κ1) is 34.9. The van der Waals surface area contributed by atoms with Gasteiger partial charge in [-0.25, -0.2) is 4.79 Å². The Bertz CT molecular complexity index is 1270. The average molecular weight is 679 g/mol. The number of rotatable bonds is 7. The summed E-state index contributed by atoms with van der Waals surface area (Å²) < 4.78 is 35.6. The molecule has 0 aromatic carbocycles. The van der Waals surface area contributed by atoms with Crippen molar-refractivity contribution in [2.24, 2.45) is 34.0 Å². The highest BCUT2D eigenvalue weighted by Crippen LogP contribution is 2.70. The largest absolute Gasteiger partial charge is 0.458 e. The van der Waals surface area contributed by atoms with Crippen LogP contribution >= 0.6 is 0 Å². The minimum Gasteiger partial charge on any atom is -0.458 e. The van der Waals surface area contributed by atoms with Crippen LogP contribution < -0.4 is 0 Å². The second-order valence-corrected chi connectivity index (χ2v) is 16.3. The molecule has 0 aromatic heterocycles. The molecular weight excluding hydrogens is 624 g/mol. The third-order valence-corrected chi connectivity index (χ3v) is 14.0. The van der Waals surface area contributed by atoms with E-state index in [2.05, 4.69) is 13.8 Å². The van der Waals surface area contributed by atoms with Crippen LogP contribution in [-0.2, 0) is 38.0 Å². The summed E-state index contributed by atoms with van der Waals surface area (Å²) in [5.74, 6) is 1.04. The summed E-state index contributed by atoms with van der Waals surface area (Å²) >= 11 is 0. The van der Waals surface area contributed by atoms with Crippen LogP contribution in [0.3, 0.4) is 0 Å². The number of carbonyl (C=O) groups is 2. The number of fused-ring (bicyclic) bond motifs is 3. The van der Waals surface area contributed by atoms with Gasteiger partial charge in [0.1, 0.15) is 42.9 Å². The van der Waals surface area contributed by atoms with E-state index in [9.17, 15) is 30.0 Å². The van der Waals surface area contributed by atoms with E-state index in [0.717, 1.165) is 63.4 Å². The lowest BCUT2D eigenvalue weighted by Crippen LogP contribution is -2.64. The Balaban J connectivity index is 0.980. The van der Waals surface area contributed by atoms with Crippen molar-refractivity contribution in [3.8, 4) is 0 Å². The normalized spacial score (nSPS) is 52.2. The highest BCUT2D eigenvalue weighted by Gasteiger charge is 2.68. The highest BCUT2D eigenvalue weighted by atomic mass is 16.7. The molecule has 4 saturated carbocycles. The summed E-state index contributed by atoms with van der Waals surface area (Å²) in [5, 5.41) is 40.4. The fourth-order valence-corrected chi connectivity index (χ4v) is 11.4. The second-order valence-electron chi connectivity index (χ2n) is 16.3. The van der Waals surface area contributed by atoms with E-state index < -0.39 is 67.3 Å². The molecule has 0 radical (unpaired) electrons. The van der Waals surface area contributed by atoms with Crippen LogP contribution in [0.2, 0.25) is 0 Å². The maximum absolute atomic E-state index is 14.5. The predicted octanol–water partition coefficient (Wildman–Crippen LogP) is 2.17. The van der Waals surface area contributed by atoms with E-state index in [0.29, 0.717) is 30.6 Å². The maximum Gasteiger partial charge on any atom is 0.331 e. The smallest absolute Gasteiger partial charge is 0.331 e. The Kier molecular flexibility index (Phi) is 9.42. The van der Waals surface area contributed by atoms with Crippen LogP contribution in [0, 0.1) is 34.0 Å². The van der Waals surface area contributed by atoms with Gasteiger partial charge in [0.05, 0.1) is 24.9 Å². The van der Waals surface area contributed by atoms with Crippen LogP contribution in [0.15, 0.2) is 11.6 Å². The lowest BCUT2D eigenvalue weighted by Gasteiger charge is -2.66. The van der Waals surface area contributed by atoms with Crippen molar-refractivity contribution >= 4 is 11.8 Å². The minimum atomic E-state index is -1.53. The molecule has 2 saturated heterocycles. The van der Waals surface area contributed by atoms with E-state index in [1.807, 2.05) is 6.92 Å². The van der Waals surface area contributed by atoms with Crippen LogP contribution in [0.5, 0.6) is 0 Å². The summed E-state index contributed by atoms with van der Waals surface area (Å²) in [7, 11) is 1.58. The Labute approximate surface area is 282 Å². The van der Waals surface area contributed by atoms with E-state index in [1.165, 1.54) is 0 Å². The van der Waals surface area contributed by atoms with Crippen molar-refractivity contribution < 1.29 is 58.4 Å². The van der Waals surface area contributed by atoms with Crippen LogP contribution in [0.1, 0.15) is 85.0 Å². The summed E-state index contributed by atoms with van der Waals surface area (Å²) in [6.45, 7) is 6.20. The molecule has 270 valence electrons. The molecule has 2 bridgehead atoms. The maximum atomic E-state index is 14.5. The fraction of sp³-hybridized carbons (Fsp3) is 0.889. The first-order chi connectivity index (χ1) is 22.8. The monoisotopic (exact) mass is 678 g/mol. The molecule has 4 N–H and O–H groups in total. The number of aliphatic hydroxyl groups excluding tert-OH is 4. The highest BCUT2D eigenvalue weighted by molar-refractivity contribution is 5.93. The van der Waals surface area contributed by atoms with Crippen LogP contribution in [0.4, 0.5) is 0 Å². The number of carbonyl (C=O) groups excluding carboxylic acids is 2. The lowest BCUT2D eigenvalue weighted by atomic mass is 9.37. The number of hydrogen-bond donors (Lipinski definition) is 4. The molecule has 0 amide bonds. The van der Waals surface area contributed by atoms with Gasteiger partial charge >= 0.3 is 5.97 Å². The number of ketones is 1. The molecule has 4 aliphatic carbocycles. The molecule has 0 unspecified atom stereocenters. The molecule has 48 heavy (non-hydrogen) atoms. The standard InChI is InChI=1S/C36H54O12/c1-18-31(48-32-30(41)29(40)28(39)24(16-37)47-32)23(43-4)15-27(45-18)46-21-6-9-34(2)20(14-21)5-11-36-12-7-22(19-13-26(38)44-17-19)35(3,33(36)42)10-8-25(34)36/h13,18,20-25,27-32,37,39-41H,5-12,14-17H2,1-4H3/t18-,20+,21-,22+,23-,24-,25-,27+,28-,29-,30-,31-,32+,34-,35+,36+/m0/s1. The Morgan fingerprint density at radius 2 is 1.69 bits per heavy atom. The van der Waals surface area contributed by atoms with Gasteiger partial charge in [0.15, 0.2) is 12.6 Å². The van der Waals surface area contributed by atoms with Gasteiger partial charge in [-0.3, -0.25) is 4.79 Å². The second kappa shape index (κ2) is 12.9. The predicted molar refractivity (Wildman–Crippen MR) is 168 cm³/mol. The van der Waals surface area contributed by atoms with E-state index in [-0.39, 0.29) is 28.8 Å². The molecular formula is C36H54O12. The van der Waals surface area contributed by atoms with Gasteiger partial charge in [-0.15, -0.1) is 0 Å². The number of hydrogen-bond acceptors (Lipinski definition) is 12. The average Bonchev–Trinajstić information content (AvgIpc) is 3.49. The molecule has 7 rings (SSSR count). The quantitative estimate of drug-likeness (QED) is 0.229. The zero-order chi connectivity index (χ0) is 34.2. The van der Waals surface area contributed by atoms with Gasteiger partial charge in [0.2, 0.25) is 0 Å². The van der Waals surface area contributed by atoms with Crippen molar-refractivity contribution in [2.75, 3.05) is 20.3 Å². The summed E-state index contributed by atoms with van der Waals surface area (Å²) in [6, 6.07) is 0. The van der Waals surface area contributed by atoms with Crippen molar-refractivity contribution in [1.82, 2.24) is 0 Å². The number of ether oxygens (including phenoxy) is 6. The molecule has 16 atom stereocenters. The number of methoxy groups -OCH3 is 1. The van der Waals surface area contributed by atoms with Crippen LogP contribution in [0.25, 0.3) is 0 Å². The van der Waals surface area contributed by atoms with Gasteiger partial charge in [-0.05, 0) is 93.5 Å². The topological polar surface area (TPSA) is 170 Å². The van der Waals surface area contributed by atoms with Crippen molar-refractivity contribution in [3.05, 3.63) is 11.6 Å². The SMILES string of the molecule is CO[C@H]1C[C@@H](O[C@H]2CC[C@@]3(C)[C@H](CC[C@@]45CC[C@H](C6=CC(=O)OC6)[C@@](C)(CC[C@H]43)C5=O)C2)O[C@@H](C)[C@@H]1O[C@H]1O[C@@H](CO)[C@H](O)[C@H](O)[C@@H]1O. The van der Waals surface area contributed by atoms with Crippen molar-refractivity contribution in [2.45, 2.75) is 146 Å². The first-order valence-electron chi connectivity index (χ1n) is 18.1. The number of aliphatic hydroxyl groups is 4. The third kappa shape index (κ3) is 5.53.